The summed E-state index contributed by atoms with van der Waals surface area (Å²) in [5.74, 6) is 3.30. The van der Waals surface area contributed by atoms with Crippen molar-refractivity contribution in [3.63, 3.8) is 0 Å². The van der Waals surface area contributed by atoms with E-state index in [1.54, 1.807) is 12.1 Å². The van der Waals surface area contributed by atoms with E-state index in [9.17, 15) is 0 Å². The molecule has 2 bridgehead atoms. The number of hydrogen-bond acceptors (Lipinski definition) is 2. The van der Waals surface area contributed by atoms with Gasteiger partial charge in [-0.3, -0.25) is 5.41 Å². The van der Waals surface area contributed by atoms with Crippen LogP contribution in [0.15, 0.2) is 18.2 Å². The van der Waals surface area contributed by atoms with E-state index >= 15 is 0 Å². The summed E-state index contributed by atoms with van der Waals surface area (Å²) < 4.78 is 5.86. The Hall–Kier alpha value is -1.22. The van der Waals surface area contributed by atoms with Crippen LogP contribution < -0.4 is 10.5 Å². The van der Waals surface area contributed by atoms with Crippen LogP contribution in [0.2, 0.25) is 5.02 Å². The van der Waals surface area contributed by atoms with E-state index in [1.165, 1.54) is 25.7 Å². The molecular weight excluding hydrogens is 260 g/mol. The summed E-state index contributed by atoms with van der Waals surface area (Å²) in [4.78, 5) is 0. The lowest BCUT2D eigenvalue weighted by molar-refractivity contribution is 0.195. The maximum Gasteiger partial charge on any atom is 0.124 e. The van der Waals surface area contributed by atoms with Crippen LogP contribution in [0.4, 0.5) is 0 Å². The molecule has 3 atom stereocenters. The summed E-state index contributed by atoms with van der Waals surface area (Å²) in [6.45, 7) is 0.789. The topological polar surface area (TPSA) is 59.1 Å². The minimum Gasteiger partial charge on any atom is -0.493 e. The normalized spacial score (nSPS) is 28.6. The standard InChI is InChI=1S/C15H19ClN2O/c16-14-7-12(3-4-13(14)15(17)18)19-8-11-6-9-1-2-10(11)5-9/h3-4,7,9-11H,1-2,5-6,8H2,(H3,17,18). The molecule has 0 amide bonds. The first-order chi connectivity index (χ1) is 9.13. The lowest BCUT2D eigenvalue weighted by atomic mass is 9.89. The maximum absolute atomic E-state index is 7.39. The van der Waals surface area contributed by atoms with E-state index in [4.69, 9.17) is 27.5 Å². The molecule has 3 nitrogen and oxygen atoms in total. The molecule has 3 unspecified atom stereocenters. The lowest BCUT2D eigenvalue weighted by Gasteiger charge is -2.21. The van der Waals surface area contributed by atoms with Gasteiger partial charge in [0.05, 0.1) is 11.6 Å². The van der Waals surface area contributed by atoms with E-state index in [-0.39, 0.29) is 5.84 Å². The summed E-state index contributed by atoms with van der Waals surface area (Å²) in [5, 5.41) is 7.88. The molecule has 0 radical (unpaired) electrons. The molecule has 3 N–H and O–H groups in total. The highest BCUT2D eigenvalue weighted by atomic mass is 35.5. The summed E-state index contributed by atoms with van der Waals surface area (Å²) in [7, 11) is 0. The minimum atomic E-state index is -0.00958. The van der Waals surface area contributed by atoms with Crippen LogP contribution in [0.25, 0.3) is 0 Å². The van der Waals surface area contributed by atoms with Crippen LogP contribution in [-0.4, -0.2) is 12.4 Å². The highest BCUT2D eigenvalue weighted by molar-refractivity contribution is 6.34. The number of halogens is 1. The Morgan fingerprint density at radius 2 is 2.21 bits per heavy atom. The molecule has 2 saturated carbocycles. The van der Waals surface area contributed by atoms with Gasteiger partial charge in [-0.25, -0.2) is 0 Å². The summed E-state index contributed by atoms with van der Waals surface area (Å²) >= 11 is 6.08. The van der Waals surface area contributed by atoms with Crippen molar-refractivity contribution in [3.8, 4) is 5.75 Å². The largest absolute Gasteiger partial charge is 0.493 e. The molecule has 2 aliphatic rings. The molecule has 0 aliphatic heterocycles. The molecule has 0 spiro atoms. The van der Waals surface area contributed by atoms with Gasteiger partial charge in [-0.15, -0.1) is 0 Å². The molecule has 0 saturated heterocycles. The van der Waals surface area contributed by atoms with E-state index in [0.717, 1.165) is 24.2 Å². The molecule has 4 heteroatoms. The molecule has 0 heterocycles. The Kier molecular flexibility index (Phi) is 3.40. The van der Waals surface area contributed by atoms with Gasteiger partial charge in [-0.1, -0.05) is 18.0 Å². The van der Waals surface area contributed by atoms with Gasteiger partial charge in [0.25, 0.3) is 0 Å². The van der Waals surface area contributed by atoms with Crippen molar-refractivity contribution in [2.75, 3.05) is 6.61 Å². The van der Waals surface area contributed by atoms with Crippen LogP contribution in [0.5, 0.6) is 5.75 Å². The van der Waals surface area contributed by atoms with Crippen molar-refractivity contribution in [3.05, 3.63) is 28.8 Å². The SMILES string of the molecule is N=C(N)c1ccc(OCC2CC3CCC2C3)cc1Cl. The van der Waals surface area contributed by atoms with Crippen molar-refractivity contribution in [2.24, 2.45) is 23.5 Å². The second-order valence-electron chi connectivity index (χ2n) is 5.80. The third-order valence-electron chi connectivity index (χ3n) is 4.58. The van der Waals surface area contributed by atoms with Gasteiger partial charge in [-0.05, 0) is 55.2 Å². The Balaban J connectivity index is 1.61. The van der Waals surface area contributed by atoms with Gasteiger partial charge >= 0.3 is 0 Å². The smallest absolute Gasteiger partial charge is 0.124 e. The lowest BCUT2D eigenvalue weighted by Crippen LogP contribution is -2.18. The fraction of sp³-hybridized carbons (Fsp3) is 0.533. The van der Waals surface area contributed by atoms with Gasteiger partial charge < -0.3 is 10.5 Å². The third kappa shape index (κ3) is 2.57. The quantitative estimate of drug-likeness (QED) is 0.655. The zero-order valence-electron chi connectivity index (χ0n) is 10.9. The Morgan fingerprint density at radius 1 is 1.37 bits per heavy atom. The van der Waals surface area contributed by atoms with Crippen LogP contribution in [0.3, 0.4) is 0 Å². The van der Waals surface area contributed by atoms with Crippen molar-refractivity contribution in [1.29, 1.82) is 5.41 Å². The number of fused-ring (bicyclic) bond motifs is 2. The number of benzene rings is 1. The van der Waals surface area contributed by atoms with Gasteiger partial charge in [-0.2, -0.15) is 0 Å². The first-order valence-electron chi connectivity index (χ1n) is 6.90. The Morgan fingerprint density at radius 3 is 2.79 bits per heavy atom. The highest BCUT2D eigenvalue weighted by Crippen LogP contribution is 2.48. The minimum absolute atomic E-state index is 0.00958. The predicted octanol–water partition coefficient (Wildman–Crippen LogP) is 3.44. The summed E-state index contributed by atoms with van der Waals surface area (Å²) in [5.41, 5.74) is 6.00. The predicted molar refractivity (Wildman–Crippen MR) is 76.9 cm³/mol. The second-order valence-corrected chi connectivity index (χ2v) is 6.21. The maximum atomic E-state index is 7.39. The average Bonchev–Trinajstić information content (AvgIpc) is 2.98. The second kappa shape index (κ2) is 5.04. The first kappa shape index (κ1) is 12.8. The number of nitrogens with one attached hydrogen (secondary N) is 1. The number of nitrogen functional groups attached to an aromatic ring is 1. The van der Waals surface area contributed by atoms with Crippen LogP contribution in [-0.2, 0) is 0 Å². The Labute approximate surface area is 118 Å². The number of ether oxygens (including phenoxy) is 1. The van der Waals surface area contributed by atoms with E-state index in [0.29, 0.717) is 16.5 Å². The van der Waals surface area contributed by atoms with Crippen LogP contribution >= 0.6 is 11.6 Å². The van der Waals surface area contributed by atoms with E-state index in [1.807, 2.05) is 6.07 Å². The van der Waals surface area contributed by atoms with Crippen LogP contribution in [0.1, 0.15) is 31.2 Å². The van der Waals surface area contributed by atoms with Gasteiger partial charge in [0, 0.05) is 5.56 Å². The van der Waals surface area contributed by atoms with Crippen molar-refractivity contribution >= 4 is 17.4 Å². The first-order valence-corrected chi connectivity index (χ1v) is 7.28. The number of rotatable bonds is 4. The van der Waals surface area contributed by atoms with Crippen LogP contribution in [0, 0.1) is 23.2 Å². The third-order valence-corrected chi connectivity index (χ3v) is 4.89. The van der Waals surface area contributed by atoms with E-state index < -0.39 is 0 Å². The molecule has 0 aromatic heterocycles. The van der Waals surface area contributed by atoms with Gasteiger partial charge in [0.1, 0.15) is 11.6 Å². The molecule has 102 valence electrons. The number of hydrogen-bond donors (Lipinski definition) is 2. The highest BCUT2D eigenvalue weighted by Gasteiger charge is 2.39. The average molecular weight is 279 g/mol. The molecule has 1 aromatic rings. The summed E-state index contributed by atoms with van der Waals surface area (Å²) in [6.07, 6.45) is 5.52. The molecule has 2 aliphatic carbocycles. The monoisotopic (exact) mass is 278 g/mol. The molecule has 19 heavy (non-hydrogen) atoms. The zero-order valence-corrected chi connectivity index (χ0v) is 11.6. The van der Waals surface area contributed by atoms with E-state index in [2.05, 4.69) is 0 Å². The zero-order chi connectivity index (χ0) is 13.4. The fourth-order valence-corrected chi connectivity index (χ4v) is 3.86. The molecule has 2 fully saturated rings. The molecular formula is C15H19ClN2O. The van der Waals surface area contributed by atoms with Crippen molar-refractivity contribution in [1.82, 2.24) is 0 Å². The van der Waals surface area contributed by atoms with Gasteiger partial charge in [0.15, 0.2) is 0 Å². The fourth-order valence-electron chi connectivity index (χ4n) is 3.59. The molecule has 1 aromatic carbocycles. The summed E-state index contributed by atoms with van der Waals surface area (Å²) in [6, 6.07) is 5.35. The number of nitrogens with two attached hydrogens (primary N) is 1. The number of amidine groups is 1. The van der Waals surface area contributed by atoms with Crippen molar-refractivity contribution in [2.45, 2.75) is 25.7 Å². The molecule has 3 rings (SSSR count). The van der Waals surface area contributed by atoms with Gasteiger partial charge in [0.2, 0.25) is 0 Å². The van der Waals surface area contributed by atoms with Crippen molar-refractivity contribution < 1.29 is 4.74 Å². The Bertz CT molecular complexity index is 503.